The Kier molecular flexibility index (Phi) is 2.85. The average molecular weight is 195 g/mol. The molecule has 5 heteroatoms. The molecule has 0 saturated carbocycles. The number of hydrogen-bond acceptors (Lipinski definition) is 2. The Morgan fingerprint density at radius 2 is 2.00 bits per heavy atom. The maximum Gasteiger partial charge on any atom is 0.209 e. The molecule has 3 nitrogen and oxygen atoms in total. The van der Waals surface area contributed by atoms with Crippen LogP contribution in [0.15, 0.2) is 0 Å². The van der Waals surface area contributed by atoms with Crippen LogP contribution in [0, 0.1) is 5.92 Å². The van der Waals surface area contributed by atoms with Crippen molar-refractivity contribution in [3.63, 3.8) is 0 Å². The Morgan fingerprint density at radius 3 is 2.36 bits per heavy atom. The molecule has 66 valence electrons. The van der Waals surface area contributed by atoms with Gasteiger partial charge in [0.25, 0.3) is 0 Å². The maximum atomic E-state index is 10.9. The quantitative estimate of drug-likeness (QED) is 0.674. The van der Waals surface area contributed by atoms with Crippen LogP contribution in [-0.4, -0.2) is 26.2 Å². The predicted molar refractivity (Wildman–Crippen MR) is 48.1 cm³/mol. The van der Waals surface area contributed by atoms with Crippen LogP contribution in [-0.2, 0) is 20.1 Å². The predicted octanol–water partition coefficient (Wildman–Crippen LogP) is 0.853. The summed E-state index contributed by atoms with van der Waals surface area (Å²) < 4.78 is 21.4. The second-order valence-electron chi connectivity index (χ2n) is 3.06. The zero-order valence-corrected chi connectivity index (χ0v) is 8.16. The molecule has 0 spiro atoms. The summed E-state index contributed by atoms with van der Waals surface area (Å²) >= 11 is 4.45. The van der Waals surface area contributed by atoms with Gasteiger partial charge in [0.15, 0.2) is 0 Å². The van der Waals surface area contributed by atoms with Gasteiger partial charge in [-0.2, -0.15) is 0 Å². The molecule has 1 heterocycles. The second kappa shape index (κ2) is 3.35. The molecular formula is C6H13NO2S2. The first-order chi connectivity index (χ1) is 5.00. The van der Waals surface area contributed by atoms with Crippen molar-refractivity contribution in [2.24, 2.45) is 5.92 Å². The smallest absolute Gasteiger partial charge is 0.209 e. The van der Waals surface area contributed by atoms with Gasteiger partial charge in [-0.1, -0.05) is 6.92 Å². The van der Waals surface area contributed by atoms with E-state index in [4.69, 9.17) is 4.55 Å². The van der Waals surface area contributed by atoms with Gasteiger partial charge in [-0.05, 0) is 18.8 Å². The zero-order valence-electron chi connectivity index (χ0n) is 6.52. The minimum absolute atomic E-state index is 0.667. The van der Waals surface area contributed by atoms with E-state index in [2.05, 4.69) is 18.1 Å². The third kappa shape index (κ3) is 2.66. The van der Waals surface area contributed by atoms with Crippen LogP contribution in [0.25, 0.3) is 0 Å². The van der Waals surface area contributed by atoms with Crippen molar-refractivity contribution >= 4 is 20.1 Å². The first-order valence-electron chi connectivity index (χ1n) is 3.72. The summed E-state index contributed by atoms with van der Waals surface area (Å²) in [6.07, 6.45) is 1.96. The largest absolute Gasteiger partial charge is 0.294 e. The molecule has 0 amide bonds. The number of rotatable bonds is 1. The van der Waals surface area contributed by atoms with Gasteiger partial charge < -0.3 is 0 Å². The highest BCUT2D eigenvalue weighted by Gasteiger charge is 2.21. The molecule has 0 aromatic carbocycles. The lowest BCUT2D eigenvalue weighted by Gasteiger charge is -2.28. The molecule has 0 radical (unpaired) electrons. The fraction of sp³-hybridized carbons (Fsp3) is 1.00. The van der Waals surface area contributed by atoms with Crippen LogP contribution in [0.5, 0.6) is 0 Å². The van der Waals surface area contributed by atoms with Crippen LogP contribution in [0.2, 0.25) is 0 Å². The molecule has 0 aliphatic carbocycles. The Hall–Kier alpha value is 0.290. The lowest BCUT2D eigenvalue weighted by molar-refractivity contribution is 0.282. The van der Waals surface area contributed by atoms with E-state index in [1.807, 2.05) is 0 Å². The van der Waals surface area contributed by atoms with Gasteiger partial charge in [-0.25, -0.2) is 8.51 Å². The van der Waals surface area contributed by atoms with Gasteiger partial charge in [0.05, 0.1) is 0 Å². The van der Waals surface area contributed by atoms with Crippen LogP contribution in [0.3, 0.4) is 0 Å². The highest BCUT2D eigenvalue weighted by molar-refractivity contribution is 8.28. The molecule has 0 bridgehead atoms. The van der Waals surface area contributed by atoms with Gasteiger partial charge in [-0.15, -0.1) is 0 Å². The third-order valence-electron chi connectivity index (χ3n) is 2.07. The molecule has 0 aromatic rings. The maximum absolute atomic E-state index is 10.9. The summed E-state index contributed by atoms with van der Waals surface area (Å²) in [6.45, 7) is 3.49. The van der Waals surface area contributed by atoms with Gasteiger partial charge in [0, 0.05) is 24.3 Å². The lowest BCUT2D eigenvalue weighted by atomic mass is 10.0. The van der Waals surface area contributed by atoms with Crippen molar-refractivity contribution in [1.82, 2.24) is 4.31 Å². The van der Waals surface area contributed by atoms with E-state index in [9.17, 15) is 4.21 Å². The van der Waals surface area contributed by atoms with E-state index in [1.165, 1.54) is 4.31 Å². The van der Waals surface area contributed by atoms with Crippen LogP contribution < -0.4 is 0 Å². The average Bonchev–Trinajstić information content (AvgIpc) is 1.86. The van der Waals surface area contributed by atoms with Crippen molar-refractivity contribution in [2.45, 2.75) is 19.8 Å². The number of piperidine rings is 1. The van der Waals surface area contributed by atoms with Crippen molar-refractivity contribution in [1.29, 1.82) is 0 Å². The van der Waals surface area contributed by atoms with E-state index >= 15 is 0 Å². The Morgan fingerprint density at radius 1 is 1.55 bits per heavy atom. The molecule has 1 aliphatic rings. The minimum atomic E-state index is -3.08. The molecule has 1 N–H and O–H groups in total. The van der Waals surface area contributed by atoms with E-state index in [-0.39, 0.29) is 0 Å². The van der Waals surface area contributed by atoms with Gasteiger partial charge >= 0.3 is 0 Å². The molecule has 1 unspecified atom stereocenters. The topological polar surface area (TPSA) is 40.5 Å². The Bertz CT molecular complexity index is 217. The first-order valence-corrected chi connectivity index (χ1v) is 6.12. The third-order valence-corrected chi connectivity index (χ3v) is 3.72. The highest BCUT2D eigenvalue weighted by Crippen LogP contribution is 2.17. The standard InChI is InChI=1S/C6H13NO2S2/c1-6-2-4-7(5-3-6)11(8,9)10/h6H,2-5H2,1H3,(H,8,9,10). The number of hydrogen-bond donors (Lipinski definition) is 1. The fourth-order valence-corrected chi connectivity index (χ4v) is 2.34. The summed E-state index contributed by atoms with van der Waals surface area (Å²) in [7, 11) is -3.08. The Balaban J connectivity index is 2.53. The van der Waals surface area contributed by atoms with Gasteiger partial charge in [0.1, 0.15) is 0 Å². The van der Waals surface area contributed by atoms with Crippen LogP contribution >= 0.6 is 0 Å². The van der Waals surface area contributed by atoms with Crippen LogP contribution in [0.4, 0.5) is 0 Å². The minimum Gasteiger partial charge on any atom is -0.294 e. The highest BCUT2D eigenvalue weighted by atomic mass is 32.8. The molecule has 1 aliphatic heterocycles. The van der Waals surface area contributed by atoms with E-state index in [1.54, 1.807) is 0 Å². The molecule has 11 heavy (non-hydrogen) atoms. The number of nitrogens with zero attached hydrogens (tertiary/aromatic N) is 1. The molecule has 1 saturated heterocycles. The van der Waals surface area contributed by atoms with Crippen molar-refractivity contribution in [2.75, 3.05) is 13.1 Å². The SMILES string of the molecule is CC1CCN(S(=O)(O)=S)CC1. The van der Waals surface area contributed by atoms with Crippen LogP contribution in [0.1, 0.15) is 19.8 Å². The fourth-order valence-electron chi connectivity index (χ4n) is 1.22. The van der Waals surface area contributed by atoms with Gasteiger partial charge in [-0.3, -0.25) is 4.55 Å². The summed E-state index contributed by atoms with van der Waals surface area (Å²) in [6, 6.07) is 0. The normalized spacial score (nSPS) is 28.2. The summed E-state index contributed by atoms with van der Waals surface area (Å²) in [5, 5.41) is 0. The second-order valence-corrected chi connectivity index (χ2v) is 5.77. The van der Waals surface area contributed by atoms with Crippen molar-refractivity contribution in [3.05, 3.63) is 0 Å². The first kappa shape index (κ1) is 9.38. The molecule has 1 fully saturated rings. The lowest BCUT2D eigenvalue weighted by Crippen LogP contribution is -2.36. The molecule has 1 atom stereocenters. The summed E-state index contributed by atoms with van der Waals surface area (Å²) in [5.41, 5.74) is 0. The van der Waals surface area contributed by atoms with Gasteiger partial charge in [0.2, 0.25) is 8.96 Å². The molecule has 1 rings (SSSR count). The molecule has 0 aromatic heterocycles. The van der Waals surface area contributed by atoms with E-state index in [0.29, 0.717) is 19.0 Å². The Labute approximate surface area is 72.4 Å². The zero-order chi connectivity index (χ0) is 8.48. The van der Waals surface area contributed by atoms with E-state index < -0.39 is 8.96 Å². The monoisotopic (exact) mass is 195 g/mol. The summed E-state index contributed by atoms with van der Waals surface area (Å²) in [5.74, 6) is 0.669. The van der Waals surface area contributed by atoms with Crippen molar-refractivity contribution in [3.8, 4) is 0 Å². The molecular weight excluding hydrogens is 182 g/mol. The van der Waals surface area contributed by atoms with E-state index in [0.717, 1.165) is 12.8 Å². The summed E-state index contributed by atoms with van der Waals surface area (Å²) in [4.78, 5) is 0. The van der Waals surface area contributed by atoms with Crippen molar-refractivity contribution < 1.29 is 8.76 Å².